The lowest BCUT2D eigenvalue weighted by molar-refractivity contribution is 0.554. The highest BCUT2D eigenvalue weighted by atomic mass is 32.2. The Balaban J connectivity index is 3.45. The topological polar surface area (TPSA) is 70.2 Å². The Morgan fingerprint density at radius 2 is 1.83 bits per heavy atom. The van der Waals surface area contributed by atoms with Gasteiger partial charge in [0, 0.05) is 26.2 Å². The molecule has 0 fully saturated rings. The van der Waals surface area contributed by atoms with Crippen molar-refractivity contribution in [1.29, 1.82) is 0 Å². The molecule has 0 radical (unpaired) electrons. The van der Waals surface area contributed by atoms with Gasteiger partial charge in [-0.1, -0.05) is 13.8 Å². The van der Waals surface area contributed by atoms with Gasteiger partial charge >= 0.3 is 0 Å². The van der Waals surface area contributed by atoms with Crippen LogP contribution in [0.25, 0.3) is 0 Å². The Morgan fingerprint density at radius 1 is 1.25 bits per heavy atom. The zero-order valence-corrected chi connectivity index (χ0v) is 8.53. The summed E-state index contributed by atoms with van der Waals surface area (Å²) in [5.74, 6) is 0. The van der Waals surface area contributed by atoms with E-state index in [4.69, 9.17) is 0 Å². The largest absolute Gasteiger partial charge is 0.313 e. The molecule has 0 saturated heterocycles. The van der Waals surface area contributed by atoms with E-state index in [9.17, 15) is 8.42 Å². The Kier molecular flexibility index (Phi) is 5.39. The molecule has 0 rings (SSSR count). The normalized spacial score (nSPS) is 12.3. The van der Waals surface area contributed by atoms with E-state index < -0.39 is 10.2 Å². The maximum atomic E-state index is 10.8. The van der Waals surface area contributed by atoms with E-state index in [1.165, 1.54) is 7.05 Å². The van der Waals surface area contributed by atoms with Crippen molar-refractivity contribution in [3.8, 4) is 0 Å². The monoisotopic (exact) mass is 195 g/mol. The standard InChI is InChI=1S/C6H17N3O2S/c1-6(2)8-4-5-9-12(10,11)7-3/h6-9H,4-5H2,1-3H3. The highest BCUT2D eigenvalue weighted by Crippen LogP contribution is 1.75. The fraction of sp³-hybridized carbons (Fsp3) is 1.00. The third-order valence-electron chi connectivity index (χ3n) is 1.24. The molecule has 0 aromatic heterocycles. The quantitative estimate of drug-likeness (QED) is 0.478. The lowest BCUT2D eigenvalue weighted by Crippen LogP contribution is -2.39. The second-order valence-electron chi connectivity index (χ2n) is 2.71. The van der Waals surface area contributed by atoms with Gasteiger partial charge in [-0.05, 0) is 0 Å². The van der Waals surface area contributed by atoms with Crippen LogP contribution in [0.3, 0.4) is 0 Å². The lowest BCUT2D eigenvalue weighted by Gasteiger charge is -2.08. The van der Waals surface area contributed by atoms with Crippen molar-refractivity contribution >= 4 is 10.2 Å². The summed E-state index contributed by atoms with van der Waals surface area (Å²) in [6.07, 6.45) is 0. The van der Waals surface area contributed by atoms with Gasteiger partial charge in [0.05, 0.1) is 0 Å². The molecule has 0 heterocycles. The predicted molar refractivity (Wildman–Crippen MR) is 49.1 cm³/mol. The maximum absolute atomic E-state index is 10.8. The van der Waals surface area contributed by atoms with Gasteiger partial charge in [-0.3, -0.25) is 0 Å². The summed E-state index contributed by atoms with van der Waals surface area (Å²) in [7, 11) is -1.88. The van der Waals surface area contributed by atoms with Gasteiger partial charge < -0.3 is 5.32 Å². The SMILES string of the molecule is CNS(=O)(=O)NCCNC(C)C. The molecule has 0 aromatic carbocycles. The summed E-state index contributed by atoms with van der Waals surface area (Å²) < 4.78 is 26.1. The van der Waals surface area contributed by atoms with Gasteiger partial charge in [-0.15, -0.1) is 0 Å². The summed E-state index contributed by atoms with van der Waals surface area (Å²) in [6.45, 7) is 5.05. The second-order valence-corrected chi connectivity index (χ2v) is 4.41. The summed E-state index contributed by atoms with van der Waals surface area (Å²) in [6, 6.07) is 0.379. The van der Waals surface area contributed by atoms with Crippen LogP contribution in [0, 0.1) is 0 Å². The Hall–Kier alpha value is -0.170. The summed E-state index contributed by atoms with van der Waals surface area (Å²) in [5.41, 5.74) is 0. The second kappa shape index (κ2) is 5.47. The first-order chi connectivity index (χ1) is 5.48. The summed E-state index contributed by atoms with van der Waals surface area (Å²) >= 11 is 0. The van der Waals surface area contributed by atoms with E-state index in [2.05, 4.69) is 14.8 Å². The highest BCUT2D eigenvalue weighted by Gasteiger charge is 2.03. The van der Waals surface area contributed by atoms with Crippen molar-refractivity contribution in [1.82, 2.24) is 14.8 Å². The molecule has 0 aliphatic heterocycles. The maximum Gasteiger partial charge on any atom is 0.276 e. The van der Waals surface area contributed by atoms with Gasteiger partial charge in [-0.2, -0.15) is 8.42 Å². The fourth-order valence-corrected chi connectivity index (χ4v) is 1.13. The van der Waals surface area contributed by atoms with Crippen molar-refractivity contribution in [2.45, 2.75) is 19.9 Å². The Bertz CT molecular complexity index is 201. The van der Waals surface area contributed by atoms with Crippen LogP contribution in [-0.4, -0.2) is 34.6 Å². The number of hydrogen-bond donors (Lipinski definition) is 3. The van der Waals surface area contributed by atoms with Crippen molar-refractivity contribution in [3.63, 3.8) is 0 Å². The van der Waals surface area contributed by atoms with Gasteiger partial charge in [0.1, 0.15) is 0 Å². The minimum absolute atomic E-state index is 0.379. The third kappa shape index (κ3) is 6.53. The first kappa shape index (κ1) is 11.8. The van der Waals surface area contributed by atoms with Gasteiger partial charge in [0.25, 0.3) is 10.2 Å². The molecule has 74 valence electrons. The van der Waals surface area contributed by atoms with Crippen LogP contribution in [0.15, 0.2) is 0 Å². The van der Waals surface area contributed by atoms with Crippen LogP contribution in [0.4, 0.5) is 0 Å². The lowest BCUT2D eigenvalue weighted by atomic mass is 10.4. The predicted octanol–water partition coefficient (Wildman–Crippen LogP) is -0.962. The van der Waals surface area contributed by atoms with Crippen molar-refractivity contribution in [2.24, 2.45) is 0 Å². The average Bonchev–Trinajstić information content (AvgIpc) is 1.98. The molecule has 0 aliphatic carbocycles. The molecule has 0 atom stereocenters. The molecule has 0 unspecified atom stereocenters. The van der Waals surface area contributed by atoms with E-state index >= 15 is 0 Å². The van der Waals surface area contributed by atoms with E-state index in [1.807, 2.05) is 13.8 Å². The highest BCUT2D eigenvalue weighted by molar-refractivity contribution is 7.87. The minimum atomic E-state index is -3.26. The van der Waals surface area contributed by atoms with Gasteiger partial charge in [0.2, 0.25) is 0 Å². The third-order valence-corrected chi connectivity index (χ3v) is 2.36. The minimum Gasteiger partial charge on any atom is -0.313 e. The molecule has 5 nitrogen and oxygen atoms in total. The summed E-state index contributed by atoms with van der Waals surface area (Å²) in [5, 5.41) is 3.09. The molecule has 0 amide bonds. The zero-order chi connectivity index (χ0) is 9.61. The van der Waals surface area contributed by atoms with Crippen molar-refractivity contribution in [3.05, 3.63) is 0 Å². The molecule has 6 heteroatoms. The van der Waals surface area contributed by atoms with Crippen molar-refractivity contribution in [2.75, 3.05) is 20.1 Å². The molecular weight excluding hydrogens is 178 g/mol. The van der Waals surface area contributed by atoms with Crippen LogP contribution in [0.5, 0.6) is 0 Å². The number of nitrogens with one attached hydrogen (secondary N) is 3. The fourth-order valence-electron chi connectivity index (χ4n) is 0.618. The van der Waals surface area contributed by atoms with Gasteiger partial charge in [-0.25, -0.2) is 9.44 Å². The Morgan fingerprint density at radius 3 is 2.25 bits per heavy atom. The van der Waals surface area contributed by atoms with Crippen LogP contribution in [-0.2, 0) is 10.2 Å². The molecule has 3 N–H and O–H groups in total. The van der Waals surface area contributed by atoms with Gasteiger partial charge in [0.15, 0.2) is 0 Å². The smallest absolute Gasteiger partial charge is 0.276 e. The van der Waals surface area contributed by atoms with Crippen molar-refractivity contribution < 1.29 is 8.42 Å². The van der Waals surface area contributed by atoms with Crippen LogP contribution < -0.4 is 14.8 Å². The average molecular weight is 195 g/mol. The Labute approximate surface area is 74.1 Å². The molecule has 0 aliphatic rings. The first-order valence-electron chi connectivity index (χ1n) is 3.89. The van der Waals surface area contributed by atoms with E-state index in [0.29, 0.717) is 19.1 Å². The molecule has 0 aromatic rings. The number of rotatable bonds is 6. The van der Waals surface area contributed by atoms with Crippen LogP contribution >= 0.6 is 0 Å². The first-order valence-corrected chi connectivity index (χ1v) is 5.38. The van der Waals surface area contributed by atoms with E-state index in [0.717, 1.165) is 0 Å². The van der Waals surface area contributed by atoms with Crippen LogP contribution in [0.1, 0.15) is 13.8 Å². The van der Waals surface area contributed by atoms with E-state index in [1.54, 1.807) is 0 Å². The molecule has 12 heavy (non-hydrogen) atoms. The molecular formula is C6H17N3O2S. The molecule has 0 bridgehead atoms. The molecule has 0 saturated carbocycles. The van der Waals surface area contributed by atoms with Crippen LogP contribution in [0.2, 0.25) is 0 Å². The number of hydrogen-bond acceptors (Lipinski definition) is 3. The zero-order valence-electron chi connectivity index (χ0n) is 7.72. The molecule has 0 spiro atoms. The summed E-state index contributed by atoms with van der Waals surface area (Å²) in [4.78, 5) is 0. The van der Waals surface area contributed by atoms with E-state index in [-0.39, 0.29) is 0 Å².